The fourth-order valence-corrected chi connectivity index (χ4v) is 1.86. The molecule has 0 saturated carbocycles. The van der Waals surface area contributed by atoms with Gasteiger partial charge in [-0.3, -0.25) is 9.17 Å². The Kier molecular flexibility index (Phi) is 2.70. The third-order valence-electron chi connectivity index (χ3n) is 1.91. The van der Waals surface area contributed by atoms with E-state index in [0.29, 0.717) is 5.00 Å². The number of hydrogen-bond acceptors (Lipinski definition) is 3. The maximum Gasteiger partial charge on any atom is 0.285 e. The quantitative estimate of drug-likeness (QED) is 0.786. The predicted molar refractivity (Wildman–Crippen MR) is 60.9 cm³/mol. The van der Waals surface area contributed by atoms with E-state index in [9.17, 15) is 9.18 Å². The zero-order chi connectivity index (χ0) is 11.5. The minimum atomic E-state index is -0.459. The van der Waals surface area contributed by atoms with Crippen LogP contribution in [0.5, 0.6) is 0 Å². The van der Waals surface area contributed by atoms with Crippen LogP contribution < -0.4 is 10.9 Å². The van der Waals surface area contributed by atoms with Gasteiger partial charge in [-0.25, -0.2) is 9.24 Å². The van der Waals surface area contributed by atoms with E-state index in [0.717, 1.165) is 11.5 Å². The molecule has 6 heteroatoms. The number of anilines is 2. The molecule has 2 rings (SSSR count). The Balaban J connectivity index is 2.39. The smallest absolute Gasteiger partial charge is 0.285 e. The Morgan fingerprint density at radius 2 is 2.19 bits per heavy atom. The van der Waals surface area contributed by atoms with Gasteiger partial charge in [0, 0.05) is 0 Å². The van der Waals surface area contributed by atoms with Gasteiger partial charge in [-0.1, -0.05) is 23.7 Å². The van der Waals surface area contributed by atoms with E-state index in [-0.39, 0.29) is 11.4 Å². The SMILES string of the molecule is [C-]#[N+]c1c(Nc2ccccc2F)s[nH]c1=O. The number of aromatic amines is 1. The zero-order valence-corrected chi connectivity index (χ0v) is 8.77. The van der Waals surface area contributed by atoms with Crippen molar-refractivity contribution in [2.45, 2.75) is 0 Å². The molecule has 0 amide bonds. The van der Waals surface area contributed by atoms with E-state index in [4.69, 9.17) is 6.57 Å². The third-order valence-corrected chi connectivity index (χ3v) is 2.70. The average molecular weight is 235 g/mol. The summed E-state index contributed by atoms with van der Waals surface area (Å²) in [5, 5.41) is 3.04. The number of nitrogens with one attached hydrogen (secondary N) is 2. The lowest BCUT2D eigenvalue weighted by molar-refractivity contribution is 0.632. The summed E-state index contributed by atoms with van der Waals surface area (Å²) >= 11 is 0.975. The Labute approximate surface area is 94.3 Å². The second-order valence-electron chi connectivity index (χ2n) is 2.93. The molecule has 0 bridgehead atoms. The first-order chi connectivity index (χ1) is 7.72. The van der Waals surface area contributed by atoms with Gasteiger partial charge in [0.15, 0.2) is 0 Å². The molecule has 0 aliphatic carbocycles. The molecular formula is C10H6FN3OS. The number of rotatable bonds is 2. The van der Waals surface area contributed by atoms with Crippen molar-refractivity contribution in [2.24, 2.45) is 0 Å². The molecule has 0 spiro atoms. The van der Waals surface area contributed by atoms with Crippen LogP contribution in [0.3, 0.4) is 0 Å². The fourth-order valence-electron chi connectivity index (χ4n) is 1.17. The Bertz CT molecular complexity index is 611. The first-order valence-corrected chi connectivity index (χ1v) is 5.14. The first-order valence-electron chi connectivity index (χ1n) is 4.33. The standard InChI is InChI=1S/C10H6FN3OS/c1-12-8-9(15)14-16-10(8)13-7-5-3-2-4-6(7)11/h2-5,13H,(H,14,15). The molecule has 0 atom stereocenters. The molecule has 1 heterocycles. The molecule has 2 N–H and O–H groups in total. The molecule has 0 fully saturated rings. The third kappa shape index (κ3) is 1.81. The number of H-pyrrole nitrogens is 1. The summed E-state index contributed by atoms with van der Waals surface area (Å²) in [6.07, 6.45) is 0. The van der Waals surface area contributed by atoms with E-state index in [1.807, 2.05) is 0 Å². The number of aromatic nitrogens is 1. The monoisotopic (exact) mass is 235 g/mol. The van der Waals surface area contributed by atoms with E-state index >= 15 is 0 Å². The van der Waals surface area contributed by atoms with Gasteiger partial charge in [-0.2, -0.15) is 0 Å². The maximum atomic E-state index is 13.3. The Hall–Kier alpha value is -2.13. The van der Waals surface area contributed by atoms with Crippen LogP contribution in [-0.2, 0) is 0 Å². The van der Waals surface area contributed by atoms with Crippen LogP contribution in [0.4, 0.5) is 20.8 Å². The van der Waals surface area contributed by atoms with Gasteiger partial charge in [0.1, 0.15) is 10.8 Å². The van der Waals surface area contributed by atoms with Gasteiger partial charge in [0.2, 0.25) is 0 Å². The molecule has 1 aromatic carbocycles. The summed E-state index contributed by atoms with van der Waals surface area (Å²) in [6, 6.07) is 6.07. The van der Waals surface area contributed by atoms with Crippen LogP contribution in [0.1, 0.15) is 0 Å². The van der Waals surface area contributed by atoms with E-state index < -0.39 is 11.4 Å². The van der Waals surface area contributed by atoms with Crippen LogP contribution in [-0.4, -0.2) is 4.37 Å². The normalized spacial score (nSPS) is 9.75. The molecule has 0 saturated heterocycles. The topological polar surface area (TPSA) is 49.2 Å². The highest BCUT2D eigenvalue weighted by molar-refractivity contribution is 7.11. The summed E-state index contributed by atoms with van der Waals surface area (Å²) < 4.78 is 15.7. The predicted octanol–water partition coefficient (Wildman–Crippen LogP) is 2.87. The largest absolute Gasteiger partial charge is 0.352 e. The Morgan fingerprint density at radius 1 is 1.44 bits per heavy atom. The van der Waals surface area contributed by atoms with Gasteiger partial charge >= 0.3 is 0 Å². The van der Waals surface area contributed by atoms with Crippen molar-refractivity contribution in [1.82, 2.24) is 4.37 Å². The van der Waals surface area contributed by atoms with E-state index in [2.05, 4.69) is 14.5 Å². The van der Waals surface area contributed by atoms with Crippen molar-refractivity contribution in [3.05, 3.63) is 51.9 Å². The molecule has 0 aliphatic heterocycles. The molecule has 0 aliphatic rings. The fraction of sp³-hybridized carbons (Fsp3) is 0. The van der Waals surface area contributed by atoms with Gasteiger partial charge in [-0.15, -0.1) is 0 Å². The minimum absolute atomic E-state index is 0.0479. The molecule has 4 nitrogen and oxygen atoms in total. The van der Waals surface area contributed by atoms with Crippen LogP contribution in [0.15, 0.2) is 29.1 Å². The van der Waals surface area contributed by atoms with Gasteiger partial charge in [0.25, 0.3) is 11.2 Å². The number of para-hydroxylation sites is 1. The lowest BCUT2D eigenvalue weighted by Crippen LogP contribution is -1.96. The lowest BCUT2D eigenvalue weighted by Gasteiger charge is -2.04. The van der Waals surface area contributed by atoms with Crippen LogP contribution in [0, 0.1) is 12.4 Å². The highest BCUT2D eigenvalue weighted by Crippen LogP contribution is 2.29. The van der Waals surface area contributed by atoms with Crippen molar-refractivity contribution in [3.8, 4) is 0 Å². The second kappa shape index (κ2) is 4.16. The van der Waals surface area contributed by atoms with Crippen LogP contribution in [0.25, 0.3) is 4.85 Å². The summed E-state index contributed by atoms with van der Waals surface area (Å²) in [7, 11) is 0. The summed E-state index contributed by atoms with van der Waals surface area (Å²) in [4.78, 5) is 14.2. The summed E-state index contributed by atoms with van der Waals surface area (Å²) in [5.41, 5.74) is -0.269. The number of nitrogens with zero attached hydrogens (tertiary/aromatic N) is 1. The number of hydrogen-bond donors (Lipinski definition) is 2. The van der Waals surface area contributed by atoms with Crippen molar-refractivity contribution in [1.29, 1.82) is 0 Å². The van der Waals surface area contributed by atoms with Crippen molar-refractivity contribution in [3.63, 3.8) is 0 Å². The Morgan fingerprint density at radius 3 is 2.88 bits per heavy atom. The molecule has 2 aromatic rings. The molecule has 0 unspecified atom stereocenters. The molecule has 0 radical (unpaired) electrons. The first kappa shape index (κ1) is 10.4. The second-order valence-corrected chi connectivity index (χ2v) is 3.74. The molecule has 1 aromatic heterocycles. The van der Waals surface area contributed by atoms with Gasteiger partial charge in [0.05, 0.1) is 12.3 Å². The van der Waals surface area contributed by atoms with Gasteiger partial charge in [-0.05, 0) is 12.1 Å². The van der Waals surface area contributed by atoms with Gasteiger partial charge < -0.3 is 5.32 Å². The van der Waals surface area contributed by atoms with Crippen molar-refractivity contribution in [2.75, 3.05) is 5.32 Å². The van der Waals surface area contributed by atoms with E-state index in [1.165, 1.54) is 12.1 Å². The lowest BCUT2D eigenvalue weighted by atomic mass is 10.3. The minimum Gasteiger partial charge on any atom is -0.352 e. The average Bonchev–Trinajstić information content (AvgIpc) is 2.63. The summed E-state index contributed by atoms with van der Waals surface area (Å²) in [6.45, 7) is 6.84. The molecule has 80 valence electrons. The molecule has 16 heavy (non-hydrogen) atoms. The number of benzene rings is 1. The van der Waals surface area contributed by atoms with E-state index in [1.54, 1.807) is 12.1 Å². The molecular weight excluding hydrogens is 229 g/mol. The highest BCUT2D eigenvalue weighted by Gasteiger charge is 2.11. The number of halogens is 1. The van der Waals surface area contributed by atoms with Crippen LogP contribution in [0.2, 0.25) is 0 Å². The van der Waals surface area contributed by atoms with Crippen molar-refractivity contribution < 1.29 is 4.39 Å². The van der Waals surface area contributed by atoms with Crippen molar-refractivity contribution >= 4 is 27.9 Å². The van der Waals surface area contributed by atoms with Crippen LogP contribution >= 0.6 is 11.5 Å². The maximum absolute atomic E-state index is 13.3. The summed E-state index contributed by atoms with van der Waals surface area (Å²) in [5.74, 6) is -0.431. The highest BCUT2D eigenvalue weighted by atomic mass is 32.1. The zero-order valence-electron chi connectivity index (χ0n) is 7.95.